The summed E-state index contributed by atoms with van der Waals surface area (Å²) in [6, 6.07) is 2.07. The third kappa shape index (κ3) is 0.942. The number of fused-ring (bicyclic) bond motifs is 1. The molecule has 0 aliphatic rings. The number of hydrogen-bond donors (Lipinski definition) is 0. The maximum Gasteiger partial charge on any atom is 0.0379 e. The quantitative estimate of drug-likeness (QED) is 0.582. The van der Waals surface area contributed by atoms with Crippen molar-refractivity contribution in [2.24, 2.45) is 0 Å². The van der Waals surface area contributed by atoms with Gasteiger partial charge in [0.15, 0.2) is 0 Å². The van der Waals surface area contributed by atoms with E-state index in [0.29, 0.717) is 0 Å². The molecule has 0 saturated carbocycles. The molecule has 0 aromatic carbocycles. The van der Waals surface area contributed by atoms with Crippen molar-refractivity contribution >= 4 is 21.4 Å². The van der Waals surface area contributed by atoms with Crippen LogP contribution in [-0.4, -0.2) is 4.98 Å². The summed E-state index contributed by atoms with van der Waals surface area (Å²) in [7, 11) is 0. The first kappa shape index (κ1) is 6.80. The largest absolute Gasteiger partial charge is 0.264 e. The summed E-state index contributed by atoms with van der Waals surface area (Å²) in [5.41, 5.74) is 1.37. The maximum absolute atomic E-state index is 4.09. The van der Waals surface area contributed by atoms with E-state index in [2.05, 4.69) is 24.9 Å². The lowest BCUT2D eigenvalue weighted by Gasteiger charge is -1.87. The van der Waals surface area contributed by atoms with Crippen molar-refractivity contribution in [3.8, 4) is 0 Å². The summed E-state index contributed by atoms with van der Waals surface area (Å²) in [6.07, 6.45) is 3.78. The van der Waals surface area contributed by atoms with Gasteiger partial charge >= 0.3 is 0 Å². The molecule has 0 saturated heterocycles. The molecule has 0 N–H and O–H groups in total. The van der Waals surface area contributed by atoms with Crippen LogP contribution in [-0.2, 0) is 0 Å². The van der Waals surface area contributed by atoms with Crippen LogP contribution in [0.2, 0.25) is 0 Å². The molecule has 0 radical (unpaired) electrons. The van der Waals surface area contributed by atoms with E-state index in [9.17, 15) is 0 Å². The molecule has 0 spiro atoms. The molecular formula is C9H9NS. The second kappa shape index (κ2) is 2.31. The minimum atomic E-state index is 1.30. The van der Waals surface area contributed by atoms with Gasteiger partial charge in [-0.15, -0.1) is 11.3 Å². The van der Waals surface area contributed by atoms with Gasteiger partial charge in [-0.05, 0) is 25.5 Å². The lowest BCUT2D eigenvalue weighted by atomic mass is 10.2. The summed E-state index contributed by atoms with van der Waals surface area (Å²) < 4.78 is 1.34. The molecule has 0 aliphatic heterocycles. The first-order chi connectivity index (χ1) is 5.29. The molecule has 2 aromatic rings. The van der Waals surface area contributed by atoms with Crippen molar-refractivity contribution in [2.45, 2.75) is 13.8 Å². The highest BCUT2D eigenvalue weighted by Crippen LogP contribution is 2.28. The van der Waals surface area contributed by atoms with Crippen LogP contribution in [0.3, 0.4) is 0 Å². The highest BCUT2D eigenvalue weighted by atomic mass is 32.1. The van der Waals surface area contributed by atoms with Gasteiger partial charge in [0.25, 0.3) is 0 Å². The van der Waals surface area contributed by atoms with E-state index in [1.807, 2.05) is 23.7 Å². The van der Waals surface area contributed by atoms with E-state index in [4.69, 9.17) is 0 Å². The van der Waals surface area contributed by atoms with Crippen molar-refractivity contribution < 1.29 is 0 Å². The average molecular weight is 163 g/mol. The molecule has 56 valence electrons. The van der Waals surface area contributed by atoms with Gasteiger partial charge in [-0.2, -0.15) is 0 Å². The number of aromatic nitrogens is 1. The predicted octanol–water partition coefficient (Wildman–Crippen LogP) is 2.91. The molecule has 0 amide bonds. The molecule has 0 fully saturated rings. The normalized spacial score (nSPS) is 10.7. The Labute approximate surface area is 69.7 Å². The topological polar surface area (TPSA) is 12.9 Å². The third-order valence-electron chi connectivity index (χ3n) is 1.98. The smallest absolute Gasteiger partial charge is 0.0379 e. The fourth-order valence-electron chi connectivity index (χ4n) is 1.18. The lowest BCUT2D eigenvalue weighted by molar-refractivity contribution is 1.36. The molecule has 2 aromatic heterocycles. The van der Waals surface area contributed by atoms with Crippen LogP contribution >= 0.6 is 11.3 Å². The first-order valence-electron chi connectivity index (χ1n) is 3.59. The number of rotatable bonds is 0. The summed E-state index contributed by atoms with van der Waals surface area (Å²) in [5.74, 6) is 0. The number of thiophene rings is 1. The zero-order valence-electron chi connectivity index (χ0n) is 6.59. The van der Waals surface area contributed by atoms with Crippen LogP contribution in [0.25, 0.3) is 10.1 Å². The van der Waals surface area contributed by atoms with E-state index < -0.39 is 0 Å². The molecule has 2 heteroatoms. The van der Waals surface area contributed by atoms with Gasteiger partial charge in [0.1, 0.15) is 0 Å². The van der Waals surface area contributed by atoms with Crippen LogP contribution in [0.15, 0.2) is 18.5 Å². The second-order valence-electron chi connectivity index (χ2n) is 2.66. The number of hydrogen-bond acceptors (Lipinski definition) is 2. The summed E-state index contributed by atoms with van der Waals surface area (Å²) in [6.45, 7) is 4.30. The van der Waals surface area contributed by atoms with Gasteiger partial charge in [-0.3, -0.25) is 4.98 Å². The SMILES string of the molecule is Cc1sc2ccncc2c1C. The van der Waals surface area contributed by atoms with Gasteiger partial charge < -0.3 is 0 Å². The van der Waals surface area contributed by atoms with E-state index in [0.717, 1.165) is 0 Å². The fourth-order valence-corrected chi connectivity index (χ4v) is 2.22. The number of pyridine rings is 1. The van der Waals surface area contributed by atoms with Gasteiger partial charge in [0, 0.05) is 27.4 Å². The summed E-state index contributed by atoms with van der Waals surface area (Å²) in [4.78, 5) is 5.49. The molecule has 1 nitrogen and oxygen atoms in total. The minimum Gasteiger partial charge on any atom is -0.264 e. The molecule has 0 aliphatic carbocycles. The standard InChI is InChI=1S/C9H9NS/c1-6-7(2)11-9-3-4-10-5-8(6)9/h3-5H,1-2H3. The first-order valence-corrected chi connectivity index (χ1v) is 4.40. The predicted molar refractivity (Wildman–Crippen MR) is 49.1 cm³/mol. The maximum atomic E-state index is 4.09. The van der Waals surface area contributed by atoms with Crippen molar-refractivity contribution in [1.29, 1.82) is 0 Å². The second-order valence-corrected chi connectivity index (χ2v) is 3.91. The molecule has 2 heterocycles. The number of aryl methyl sites for hydroxylation is 2. The Bertz CT molecular complexity index is 389. The van der Waals surface area contributed by atoms with Crippen molar-refractivity contribution in [3.05, 3.63) is 28.9 Å². The third-order valence-corrected chi connectivity index (χ3v) is 3.16. The average Bonchev–Trinajstić information content (AvgIpc) is 2.30. The molecule has 0 atom stereocenters. The lowest BCUT2D eigenvalue weighted by Crippen LogP contribution is -1.71. The molecule has 0 unspecified atom stereocenters. The van der Waals surface area contributed by atoms with E-state index in [-0.39, 0.29) is 0 Å². The van der Waals surface area contributed by atoms with Gasteiger partial charge in [-0.25, -0.2) is 0 Å². The van der Waals surface area contributed by atoms with Crippen LogP contribution in [0, 0.1) is 13.8 Å². The summed E-state index contributed by atoms with van der Waals surface area (Å²) in [5, 5.41) is 1.30. The minimum absolute atomic E-state index is 1.30. The van der Waals surface area contributed by atoms with Crippen LogP contribution in [0.4, 0.5) is 0 Å². The fraction of sp³-hybridized carbons (Fsp3) is 0.222. The Morgan fingerprint density at radius 1 is 1.36 bits per heavy atom. The Morgan fingerprint density at radius 3 is 2.91 bits per heavy atom. The molecule has 11 heavy (non-hydrogen) atoms. The van der Waals surface area contributed by atoms with Crippen LogP contribution in [0.1, 0.15) is 10.4 Å². The van der Waals surface area contributed by atoms with Crippen molar-refractivity contribution in [2.75, 3.05) is 0 Å². The van der Waals surface area contributed by atoms with E-state index in [1.165, 1.54) is 20.5 Å². The highest BCUT2D eigenvalue weighted by Gasteiger charge is 2.02. The Balaban J connectivity index is 2.92. The van der Waals surface area contributed by atoms with Crippen LogP contribution < -0.4 is 0 Å². The van der Waals surface area contributed by atoms with Crippen molar-refractivity contribution in [3.63, 3.8) is 0 Å². The van der Waals surface area contributed by atoms with Gasteiger partial charge in [0.2, 0.25) is 0 Å². The molecule has 0 bridgehead atoms. The number of nitrogens with zero attached hydrogens (tertiary/aromatic N) is 1. The Hall–Kier alpha value is -0.890. The zero-order valence-corrected chi connectivity index (χ0v) is 7.40. The zero-order chi connectivity index (χ0) is 7.84. The molecule has 2 rings (SSSR count). The van der Waals surface area contributed by atoms with Gasteiger partial charge in [0.05, 0.1) is 0 Å². The molecular weight excluding hydrogens is 154 g/mol. The highest BCUT2D eigenvalue weighted by molar-refractivity contribution is 7.19. The van der Waals surface area contributed by atoms with Crippen LogP contribution in [0.5, 0.6) is 0 Å². The summed E-state index contributed by atoms with van der Waals surface area (Å²) >= 11 is 1.84. The van der Waals surface area contributed by atoms with Gasteiger partial charge in [-0.1, -0.05) is 0 Å². The Kier molecular flexibility index (Phi) is 1.43. The van der Waals surface area contributed by atoms with E-state index >= 15 is 0 Å². The van der Waals surface area contributed by atoms with E-state index in [1.54, 1.807) is 0 Å². The monoisotopic (exact) mass is 163 g/mol. The Morgan fingerprint density at radius 2 is 2.18 bits per heavy atom. The van der Waals surface area contributed by atoms with Crippen molar-refractivity contribution in [1.82, 2.24) is 4.98 Å².